The number of aliphatic hydroxyl groups is 1. The van der Waals surface area contributed by atoms with Crippen molar-refractivity contribution in [3.05, 3.63) is 33.6 Å². The quantitative estimate of drug-likeness (QED) is 0.825. The molecular formula is C14H18Cl2FNO. The van der Waals surface area contributed by atoms with Gasteiger partial charge < -0.3 is 10.4 Å². The average Bonchev–Trinajstić information content (AvgIpc) is 2.37. The second-order valence-electron chi connectivity index (χ2n) is 5.10. The molecule has 2 rings (SSSR count). The van der Waals surface area contributed by atoms with Gasteiger partial charge in [0.05, 0.1) is 11.1 Å². The molecule has 1 aromatic carbocycles. The van der Waals surface area contributed by atoms with Crippen LogP contribution < -0.4 is 5.32 Å². The maximum atomic E-state index is 13.5. The predicted octanol–water partition coefficient (Wildman–Crippen LogP) is 4.09. The van der Waals surface area contributed by atoms with Crippen molar-refractivity contribution in [3.8, 4) is 0 Å². The molecule has 1 aromatic rings. The van der Waals surface area contributed by atoms with Gasteiger partial charge in [0.1, 0.15) is 5.82 Å². The fraction of sp³-hybridized carbons (Fsp3) is 0.571. The van der Waals surface area contributed by atoms with Crippen molar-refractivity contribution >= 4 is 23.2 Å². The Morgan fingerprint density at radius 1 is 1.32 bits per heavy atom. The lowest BCUT2D eigenvalue weighted by Crippen LogP contribution is -2.43. The van der Waals surface area contributed by atoms with Crippen LogP contribution in [0.2, 0.25) is 10.0 Å². The minimum absolute atomic E-state index is 0.0131. The smallest absolute Gasteiger partial charge is 0.142 e. The van der Waals surface area contributed by atoms with Gasteiger partial charge in [-0.2, -0.15) is 0 Å². The van der Waals surface area contributed by atoms with Crippen LogP contribution >= 0.6 is 23.2 Å². The van der Waals surface area contributed by atoms with Crippen LogP contribution in [0.15, 0.2) is 12.1 Å². The van der Waals surface area contributed by atoms with Crippen LogP contribution in [0.4, 0.5) is 4.39 Å². The van der Waals surface area contributed by atoms with E-state index < -0.39 is 5.82 Å². The monoisotopic (exact) mass is 305 g/mol. The number of hydrogen-bond donors (Lipinski definition) is 2. The zero-order chi connectivity index (χ0) is 14.0. The Kier molecular flexibility index (Phi) is 5.07. The molecule has 19 heavy (non-hydrogen) atoms. The molecule has 0 bridgehead atoms. The fourth-order valence-corrected chi connectivity index (χ4v) is 3.35. The molecule has 0 aromatic heterocycles. The van der Waals surface area contributed by atoms with E-state index in [9.17, 15) is 9.50 Å². The molecule has 5 heteroatoms. The molecule has 1 aliphatic carbocycles. The summed E-state index contributed by atoms with van der Waals surface area (Å²) < 4.78 is 13.5. The molecule has 1 saturated carbocycles. The highest BCUT2D eigenvalue weighted by Gasteiger charge is 2.26. The van der Waals surface area contributed by atoms with Crippen LogP contribution in [-0.2, 0) is 0 Å². The van der Waals surface area contributed by atoms with E-state index in [1.54, 1.807) is 0 Å². The largest absolute Gasteiger partial charge is 0.392 e. The van der Waals surface area contributed by atoms with E-state index in [4.69, 9.17) is 23.2 Å². The Bertz CT molecular complexity index is 455. The first-order valence-electron chi connectivity index (χ1n) is 6.58. The third-order valence-corrected chi connectivity index (χ3v) is 4.42. The molecule has 1 aliphatic rings. The van der Waals surface area contributed by atoms with Gasteiger partial charge in [0, 0.05) is 22.7 Å². The van der Waals surface area contributed by atoms with E-state index in [2.05, 4.69) is 5.32 Å². The lowest BCUT2D eigenvalue weighted by molar-refractivity contribution is 0.0859. The molecule has 0 amide bonds. The number of rotatable bonds is 3. The summed E-state index contributed by atoms with van der Waals surface area (Å²) >= 11 is 12.1. The average molecular weight is 306 g/mol. The normalized spacial score (nSPS) is 25.3. The first-order valence-corrected chi connectivity index (χ1v) is 7.33. The third-order valence-electron chi connectivity index (χ3n) is 3.71. The van der Waals surface area contributed by atoms with Crippen molar-refractivity contribution in [2.24, 2.45) is 0 Å². The topological polar surface area (TPSA) is 32.3 Å². The Morgan fingerprint density at radius 2 is 2.00 bits per heavy atom. The molecule has 0 heterocycles. The van der Waals surface area contributed by atoms with Crippen molar-refractivity contribution < 1.29 is 9.50 Å². The highest BCUT2D eigenvalue weighted by molar-refractivity contribution is 6.36. The van der Waals surface area contributed by atoms with Crippen molar-refractivity contribution in [2.45, 2.75) is 50.8 Å². The van der Waals surface area contributed by atoms with Gasteiger partial charge in [-0.1, -0.05) is 36.0 Å². The van der Waals surface area contributed by atoms with Crippen LogP contribution in [0.25, 0.3) is 0 Å². The molecule has 0 spiro atoms. The molecule has 2 N–H and O–H groups in total. The fourth-order valence-electron chi connectivity index (χ4n) is 2.65. The molecule has 3 atom stereocenters. The zero-order valence-electron chi connectivity index (χ0n) is 10.8. The third kappa shape index (κ3) is 3.40. The number of halogens is 3. The van der Waals surface area contributed by atoms with Crippen molar-refractivity contribution in [1.82, 2.24) is 5.32 Å². The van der Waals surface area contributed by atoms with E-state index in [-0.39, 0.29) is 23.2 Å². The van der Waals surface area contributed by atoms with Gasteiger partial charge in [-0.15, -0.1) is 0 Å². The lowest BCUT2D eigenvalue weighted by atomic mass is 9.91. The standard InChI is InChI=1S/C14H18Cl2FNO/c1-8(18-11-4-2-3-5-12(11)19)13-9(15)6-7-10(17)14(13)16/h6-8,11-12,18-19H,2-5H2,1H3. The van der Waals surface area contributed by atoms with Crippen LogP contribution in [-0.4, -0.2) is 17.3 Å². The Labute approximate surface area is 122 Å². The van der Waals surface area contributed by atoms with E-state index in [0.29, 0.717) is 10.6 Å². The van der Waals surface area contributed by atoms with Gasteiger partial charge in [-0.05, 0) is 31.9 Å². The summed E-state index contributed by atoms with van der Waals surface area (Å²) in [5.41, 5.74) is 0.557. The molecule has 106 valence electrons. The Morgan fingerprint density at radius 3 is 2.68 bits per heavy atom. The summed E-state index contributed by atoms with van der Waals surface area (Å²) in [6.07, 6.45) is 3.49. The minimum Gasteiger partial charge on any atom is -0.392 e. The maximum Gasteiger partial charge on any atom is 0.142 e. The van der Waals surface area contributed by atoms with Gasteiger partial charge in [-0.25, -0.2) is 4.39 Å². The molecule has 1 fully saturated rings. The summed E-state index contributed by atoms with van der Waals surface area (Å²) in [6, 6.07) is 2.58. The summed E-state index contributed by atoms with van der Waals surface area (Å²) in [5.74, 6) is -0.473. The summed E-state index contributed by atoms with van der Waals surface area (Å²) in [4.78, 5) is 0. The molecule has 3 unspecified atom stereocenters. The minimum atomic E-state index is -0.473. The van der Waals surface area contributed by atoms with Gasteiger partial charge in [0.15, 0.2) is 0 Å². The van der Waals surface area contributed by atoms with Crippen LogP contribution in [0.3, 0.4) is 0 Å². The Hall–Kier alpha value is -0.350. The molecule has 0 aliphatic heterocycles. The first kappa shape index (κ1) is 15.0. The highest BCUT2D eigenvalue weighted by atomic mass is 35.5. The van der Waals surface area contributed by atoms with Crippen molar-refractivity contribution in [1.29, 1.82) is 0 Å². The highest BCUT2D eigenvalue weighted by Crippen LogP contribution is 2.33. The number of aliphatic hydroxyl groups excluding tert-OH is 1. The maximum absolute atomic E-state index is 13.5. The first-order chi connectivity index (χ1) is 9.00. The molecule has 2 nitrogen and oxygen atoms in total. The summed E-state index contributed by atoms with van der Waals surface area (Å²) in [6.45, 7) is 1.88. The van der Waals surface area contributed by atoms with Gasteiger partial charge in [-0.3, -0.25) is 0 Å². The zero-order valence-corrected chi connectivity index (χ0v) is 12.3. The van der Waals surface area contributed by atoms with E-state index in [1.807, 2.05) is 6.92 Å². The lowest BCUT2D eigenvalue weighted by Gasteiger charge is -2.31. The SMILES string of the molecule is CC(NC1CCCCC1O)c1c(Cl)ccc(F)c1Cl. The second-order valence-corrected chi connectivity index (χ2v) is 5.89. The predicted molar refractivity (Wildman–Crippen MR) is 76.2 cm³/mol. The van der Waals surface area contributed by atoms with Gasteiger partial charge in [0.25, 0.3) is 0 Å². The summed E-state index contributed by atoms with van der Waals surface area (Å²) in [7, 11) is 0. The molecular weight excluding hydrogens is 288 g/mol. The van der Waals surface area contributed by atoms with E-state index in [1.165, 1.54) is 12.1 Å². The van der Waals surface area contributed by atoms with Crippen molar-refractivity contribution in [3.63, 3.8) is 0 Å². The molecule has 0 saturated heterocycles. The second kappa shape index (κ2) is 6.40. The van der Waals surface area contributed by atoms with Gasteiger partial charge in [0.2, 0.25) is 0 Å². The number of nitrogens with one attached hydrogen (secondary N) is 1. The van der Waals surface area contributed by atoms with Crippen molar-refractivity contribution in [2.75, 3.05) is 0 Å². The van der Waals surface area contributed by atoms with Crippen LogP contribution in [0, 0.1) is 5.82 Å². The number of benzene rings is 1. The van der Waals surface area contributed by atoms with Crippen LogP contribution in [0.5, 0.6) is 0 Å². The van der Waals surface area contributed by atoms with Gasteiger partial charge >= 0.3 is 0 Å². The van der Waals surface area contributed by atoms with Crippen LogP contribution in [0.1, 0.15) is 44.2 Å². The molecule has 0 radical (unpaired) electrons. The summed E-state index contributed by atoms with van der Waals surface area (Å²) in [5, 5.41) is 13.8. The number of hydrogen-bond acceptors (Lipinski definition) is 2. The van der Waals surface area contributed by atoms with E-state index in [0.717, 1.165) is 25.7 Å². The van der Waals surface area contributed by atoms with E-state index >= 15 is 0 Å². The Balaban J connectivity index is 2.15.